The highest BCUT2D eigenvalue weighted by Gasteiger charge is 2.21. The molecule has 1 N–H and O–H groups in total. The molecule has 0 saturated carbocycles. The van der Waals surface area contributed by atoms with Crippen LogP contribution < -0.4 is 10.1 Å². The summed E-state index contributed by atoms with van der Waals surface area (Å²) in [5, 5.41) is 3.14. The fourth-order valence-electron chi connectivity index (χ4n) is 3.66. The van der Waals surface area contributed by atoms with Crippen molar-refractivity contribution in [2.24, 2.45) is 0 Å². The molecular formula is C22H22BrN5O3S. The summed E-state index contributed by atoms with van der Waals surface area (Å²) in [6, 6.07) is 7.80. The maximum Gasteiger partial charge on any atom is 0.413 e. The van der Waals surface area contributed by atoms with Crippen molar-refractivity contribution in [3.63, 3.8) is 0 Å². The number of thiazole rings is 1. The van der Waals surface area contributed by atoms with E-state index in [2.05, 4.69) is 30.8 Å². The molecule has 3 aromatic heterocycles. The van der Waals surface area contributed by atoms with Crippen LogP contribution in [0.2, 0.25) is 0 Å². The molecule has 10 heteroatoms. The van der Waals surface area contributed by atoms with Gasteiger partial charge in [0.25, 0.3) is 0 Å². The Kier molecular flexibility index (Phi) is 5.29. The van der Waals surface area contributed by atoms with Crippen molar-refractivity contribution in [1.82, 2.24) is 19.5 Å². The Balaban J connectivity index is 1.54. The summed E-state index contributed by atoms with van der Waals surface area (Å²) < 4.78 is 14.4. The first-order valence-electron chi connectivity index (χ1n) is 10.4. The lowest BCUT2D eigenvalue weighted by molar-refractivity contribution is 0.0636. The largest absolute Gasteiger partial charge is 0.491 e. The summed E-state index contributed by atoms with van der Waals surface area (Å²) in [6.07, 6.45) is 1.44. The molecule has 4 heterocycles. The molecule has 0 atom stereocenters. The third kappa shape index (κ3) is 4.16. The fourth-order valence-corrected chi connectivity index (χ4v) is 4.91. The second-order valence-corrected chi connectivity index (χ2v) is 10.5. The number of amides is 1. The first-order valence-corrected chi connectivity index (χ1v) is 12.0. The Bertz CT molecular complexity index is 1340. The minimum atomic E-state index is -0.578. The predicted molar refractivity (Wildman–Crippen MR) is 128 cm³/mol. The number of hydrogen-bond acceptors (Lipinski definition) is 7. The van der Waals surface area contributed by atoms with Crippen molar-refractivity contribution in [1.29, 1.82) is 0 Å². The number of nitrogens with one attached hydrogen (secondary N) is 1. The van der Waals surface area contributed by atoms with Gasteiger partial charge in [0.2, 0.25) is 0 Å². The first kappa shape index (κ1) is 21.1. The zero-order chi connectivity index (χ0) is 22.5. The van der Waals surface area contributed by atoms with Gasteiger partial charge in [0.05, 0.1) is 12.1 Å². The molecule has 1 aliphatic heterocycles. The summed E-state index contributed by atoms with van der Waals surface area (Å²) in [7, 11) is 0. The molecule has 0 unspecified atom stereocenters. The summed E-state index contributed by atoms with van der Waals surface area (Å²) in [5.41, 5.74) is 2.74. The van der Waals surface area contributed by atoms with Gasteiger partial charge in [0.1, 0.15) is 32.9 Å². The molecule has 32 heavy (non-hydrogen) atoms. The number of hydrogen-bond donors (Lipinski definition) is 1. The van der Waals surface area contributed by atoms with Crippen molar-refractivity contribution in [2.45, 2.75) is 45.8 Å². The van der Waals surface area contributed by atoms with Crippen molar-refractivity contribution in [3.05, 3.63) is 28.7 Å². The molecule has 4 aromatic rings. The van der Waals surface area contributed by atoms with Crippen LogP contribution in [0.5, 0.6) is 5.75 Å². The molecule has 8 nitrogen and oxygen atoms in total. The van der Waals surface area contributed by atoms with E-state index in [0.717, 1.165) is 57.0 Å². The number of nitrogens with zero attached hydrogens (tertiary/aromatic N) is 4. The topological polar surface area (TPSA) is 91.2 Å². The molecule has 0 aliphatic carbocycles. The first-order chi connectivity index (χ1) is 15.3. The van der Waals surface area contributed by atoms with E-state index in [0.29, 0.717) is 17.3 Å². The molecule has 1 aliphatic rings. The van der Waals surface area contributed by atoms with Crippen LogP contribution in [0.4, 0.5) is 9.93 Å². The van der Waals surface area contributed by atoms with Crippen molar-refractivity contribution < 1.29 is 14.3 Å². The van der Waals surface area contributed by atoms with Gasteiger partial charge < -0.3 is 14.0 Å². The Hall–Kier alpha value is -2.72. The molecule has 5 rings (SSSR count). The summed E-state index contributed by atoms with van der Waals surface area (Å²) in [6.45, 7) is 7.00. The van der Waals surface area contributed by atoms with Gasteiger partial charge in [-0.1, -0.05) is 27.3 Å². The van der Waals surface area contributed by atoms with Gasteiger partial charge in [-0.15, -0.1) is 0 Å². The number of anilines is 1. The Labute approximate surface area is 197 Å². The summed E-state index contributed by atoms with van der Waals surface area (Å²) in [4.78, 5) is 27.0. The molecular weight excluding hydrogens is 494 g/mol. The van der Waals surface area contributed by atoms with E-state index < -0.39 is 11.7 Å². The minimum absolute atomic E-state index is 0.446. The average Bonchev–Trinajstić information content (AvgIpc) is 3.23. The molecule has 1 amide bonds. The quantitative estimate of drug-likeness (QED) is 0.352. The van der Waals surface area contributed by atoms with E-state index in [4.69, 9.17) is 19.4 Å². The smallest absolute Gasteiger partial charge is 0.413 e. The molecule has 1 aromatic carbocycles. The van der Waals surface area contributed by atoms with Gasteiger partial charge in [-0.3, -0.25) is 5.32 Å². The zero-order valence-electron chi connectivity index (χ0n) is 17.9. The van der Waals surface area contributed by atoms with Gasteiger partial charge >= 0.3 is 6.09 Å². The molecule has 0 radical (unpaired) electrons. The van der Waals surface area contributed by atoms with Crippen molar-refractivity contribution in [3.8, 4) is 17.3 Å². The van der Waals surface area contributed by atoms with Crippen LogP contribution in [-0.4, -0.2) is 37.8 Å². The second-order valence-electron chi connectivity index (χ2n) is 8.58. The van der Waals surface area contributed by atoms with E-state index in [1.54, 1.807) is 0 Å². The van der Waals surface area contributed by atoms with Crippen LogP contribution in [0.15, 0.2) is 28.7 Å². The number of rotatable bonds is 2. The molecule has 0 fully saturated rings. The summed E-state index contributed by atoms with van der Waals surface area (Å²) >= 11 is 4.86. The number of carbonyl (C=O) groups is 1. The Morgan fingerprint density at radius 1 is 1.19 bits per heavy atom. The molecule has 0 saturated heterocycles. The Morgan fingerprint density at radius 3 is 2.84 bits per heavy atom. The van der Waals surface area contributed by atoms with Crippen LogP contribution in [-0.2, 0) is 11.3 Å². The third-order valence-electron chi connectivity index (χ3n) is 4.90. The van der Waals surface area contributed by atoms with E-state index in [1.165, 1.54) is 11.3 Å². The van der Waals surface area contributed by atoms with Gasteiger partial charge in [-0.2, -0.15) is 0 Å². The number of pyridine rings is 1. The summed E-state index contributed by atoms with van der Waals surface area (Å²) in [5.74, 6) is 1.62. The van der Waals surface area contributed by atoms with E-state index in [-0.39, 0.29) is 0 Å². The highest BCUT2D eigenvalue weighted by molar-refractivity contribution is 9.10. The van der Waals surface area contributed by atoms with Crippen molar-refractivity contribution >= 4 is 59.9 Å². The number of imidazole rings is 1. The second kappa shape index (κ2) is 8.00. The van der Waals surface area contributed by atoms with Crippen LogP contribution in [0.3, 0.4) is 0 Å². The van der Waals surface area contributed by atoms with E-state index in [1.807, 2.05) is 45.0 Å². The maximum absolute atomic E-state index is 12.1. The number of halogens is 1. The molecule has 166 valence electrons. The number of carbonyl (C=O) groups excluding carboxylic acids is 1. The van der Waals surface area contributed by atoms with E-state index in [9.17, 15) is 4.79 Å². The number of aromatic nitrogens is 4. The van der Waals surface area contributed by atoms with Crippen LogP contribution in [0, 0.1) is 0 Å². The average molecular weight is 516 g/mol. The standard InChI is InChI=1S/C22H22BrN5O3S/c1-22(2,3)31-21(29)27-20-26-14-7-6-13(25-19(14)32-20)18-24-15-10-12(23)11-16-17(15)28(18)8-4-5-9-30-16/h6-7,10-11H,4-5,8-9H2,1-3H3,(H,26,27,29). The van der Waals surface area contributed by atoms with Crippen LogP contribution in [0.1, 0.15) is 33.6 Å². The normalized spacial score (nSPS) is 14.1. The number of ether oxygens (including phenoxy) is 2. The molecule has 0 bridgehead atoms. The van der Waals surface area contributed by atoms with Crippen LogP contribution >= 0.6 is 27.3 Å². The SMILES string of the molecule is CC(C)(C)OC(=O)Nc1nc2ccc(-c3nc4cc(Br)cc5c4n3CCCCO5)nc2s1. The lowest BCUT2D eigenvalue weighted by Gasteiger charge is -2.18. The Morgan fingerprint density at radius 2 is 2.03 bits per heavy atom. The van der Waals surface area contributed by atoms with E-state index >= 15 is 0 Å². The van der Waals surface area contributed by atoms with Gasteiger partial charge in [-0.05, 0) is 57.9 Å². The minimum Gasteiger partial charge on any atom is -0.491 e. The van der Waals surface area contributed by atoms with Crippen LogP contribution in [0.25, 0.3) is 32.9 Å². The lowest BCUT2D eigenvalue weighted by atomic mass is 10.2. The monoisotopic (exact) mass is 515 g/mol. The number of benzene rings is 1. The van der Waals surface area contributed by atoms with Gasteiger partial charge in [0.15, 0.2) is 11.0 Å². The van der Waals surface area contributed by atoms with Gasteiger partial charge in [-0.25, -0.2) is 19.7 Å². The van der Waals surface area contributed by atoms with Crippen molar-refractivity contribution in [2.75, 3.05) is 11.9 Å². The zero-order valence-corrected chi connectivity index (χ0v) is 20.3. The van der Waals surface area contributed by atoms with Gasteiger partial charge in [0, 0.05) is 11.0 Å². The fraction of sp³-hybridized carbons (Fsp3) is 0.364. The lowest BCUT2D eigenvalue weighted by Crippen LogP contribution is -2.27. The third-order valence-corrected chi connectivity index (χ3v) is 6.24. The highest BCUT2D eigenvalue weighted by Crippen LogP contribution is 2.36. The number of fused-ring (bicyclic) bond motifs is 1. The highest BCUT2D eigenvalue weighted by atomic mass is 79.9. The number of aryl methyl sites for hydroxylation is 1. The maximum atomic E-state index is 12.1. The molecule has 0 spiro atoms. The predicted octanol–water partition coefficient (Wildman–Crippen LogP) is 5.99.